The Morgan fingerprint density at radius 2 is 1.93 bits per heavy atom. The molecule has 1 aliphatic rings. The minimum absolute atomic E-state index is 0.258. The predicted octanol–water partition coefficient (Wildman–Crippen LogP) is 6.91. The summed E-state index contributed by atoms with van der Waals surface area (Å²) in [6.07, 6.45) is 8.66. The van der Waals surface area contributed by atoms with Gasteiger partial charge in [0.1, 0.15) is 22.9 Å². The molecule has 146 valence electrons. The lowest BCUT2D eigenvalue weighted by Crippen LogP contribution is -2.29. The highest BCUT2D eigenvalue weighted by molar-refractivity contribution is 5.86. The first-order chi connectivity index (χ1) is 12.8. The first-order valence-electron chi connectivity index (χ1n) is 10.2. The summed E-state index contributed by atoms with van der Waals surface area (Å²) in [7, 11) is 0. The Morgan fingerprint density at radius 3 is 2.59 bits per heavy atom. The van der Waals surface area contributed by atoms with E-state index >= 15 is 0 Å². The molecule has 2 atom stereocenters. The van der Waals surface area contributed by atoms with Gasteiger partial charge in [-0.15, -0.1) is 0 Å². The lowest BCUT2D eigenvalue weighted by Gasteiger charge is -2.32. The van der Waals surface area contributed by atoms with Crippen molar-refractivity contribution in [1.82, 2.24) is 0 Å². The van der Waals surface area contributed by atoms with E-state index in [9.17, 15) is 5.11 Å². The Morgan fingerprint density at radius 1 is 1.15 bits per heavy atom. The maximum absolute atomic E-state index is 10.9. The number of phenols is 1. The van der Waals surface area contributed by atoms with Crippen LogP contribution in [0.4, 0.5) is 0 Å². The highest BCUT2D eigenvalue weighted by atomic mass is 16.5. The number of benzene rings is 1. The first-order valence-corrected chi connectivity index (χ1v) is 10.2. The zero-order valence-electron chi connectivity index (χ0n) is 17.2. The Kier molecular flexibility index (Phi) is 5.69. The highest BCUT2D eigenvalue weighted by Gasteiger charge is 2.31. The molecule has 1 N–H and O–H groups in total. The summed E-state index contributed by atoms with van der Waals surface area (Å²) in [5.41, 5.74) is 2.28. The third kappa shape index (κ3) is 4.23. The predicted molar refractivity (Wildman–Crippen MR) is 110 cm³/mol. The van der Waals surface area contributed by atoms with Crippen LogP contribution in [0.5, 0.6) is 11.5 Å². The van der Waals surface area contributed by atoms with Gasteiger partial charge < -0.3 is 14.3 Å². The second kappa shape index (κ2) is 7.84. The molecule has 0 saturated heterocycles. The van der Waals surface area contributed by atoms with Gasteiger partial charge in [0.25, 0.3) is 0 Å². The largest absolute Gasteiger partial charge is 0.507 e. The molecule has 2 unspecified atom stereocenters. The molecule has 3 rings (SSSR count). The van der Waals surface area contributed by atoms with Gasteiger partial charge in [-0.1, -0.05) is 46.5 Å². The molecule has 0 saturated carbocycles. The van der Waals surface area contributed by atoms with Gasteiger partial charge in [0.15, 0.2) is 0 Å². The lowest BCUT2D eigenvalue weighted by atomic mass is 9.83. The summed E-state index contributed by atoms with van der Waals surface area (Å²) in [5, 5.41) is 10.9. The Balaban J connectivity index is 1.95. The molecule has 2 aromatic rings. The number of unbranched alkanes of at least 4 members (excludes halogenated alkanes) is 2. The quantitative estimate of drug-likeness (QED) is 0.540. The number of ether oxygens (including phenoxy) is 1. The molecule has 2 heterocycles. The molecule has 1 aromatic carbocycles. The summed E-state index contributed by atoms with van der Waals surface area (Å²) in [5.74, 6) is 2.66. The zero-order chi connectivity index (χ0) is 19.6. The van der Waals surface area contributed by atoms with Crippen LogP contribution in [0.3, 0.4) is 0 Å². The maximum atomic E-state index is 10.9. The summed E-state index contributed by atoms with van der Waals surface area (Å²) < 4.78 is 11.8. The van der Waals surface area contributed by atoms with Gasteiger partial charge >= 0.3 is 0 Å². The van der Waals surface area contributed by atoms with Gasteiger partial charge in [-0.3, -0.25) is 0 Å². The number of phenolic OH excluding ortho intramolecular Hbond substituents is 1. The average molecular weight is 369 g/mol. The molecule has 0 radical (unpaired) electrons. The van der Waals surface area contributed by atoms with Crippen LogP contribution in [0, 0.1) is 5.92 Å². The maximum Gasteiger partial charge on any atom is 0.134 e. The number of furan rings is 1. The fourth-order valence-corrected chi connectivity index (χ4v) is 3.89. The van der Waals surface area contributed by atoms with Gasteiger partial charge in [0.2, 0.25) is 0 Å². The number of hydrogen-bond donors (Lipinski definition) is 1. The second-order valence-electron chi connectivity index (χ2n) is 8.42. The highest BCUT2D eigenvalue weighted by Crippen LogP contribution is 2.46. The van der Waals surface area contributed by atoms with Gasteiger partial charge in [-0.25, -0.2) is 0 Å². The minimum Gasteiger partial charge on any atom is -0.507 e. The van der Waals surface area contributed by atoms with Crippen LogP contribution < -0.4 is 4.74 Å². The van der Waals surface area contributed by atoms with Crippen LogP contribution >= 0.6 is 0 Å². The minimum atomic E-state index is -0.462. The van der Waals surface area contributed by atoms with Crippen molar-refractivity contribution < 1.29 is 14.3 Å². The smallest absolute Gasteiger partial charge is 0.134 e. The van der Waals surface area contributed by atoms with Gasteiger partial charge in [-0.2, -0.15) is 0 Å². The van der Waals surface area contributed by atoms with E-state index in [-0.39, 0.29) is 5.75 Å². The Hall–Kier alpha value is -2.16. The summed E-state index contributed by atoms with van der Waals surface area (Å²) in [6.45, 7) is 10.8. The molecular weight excluding hydrogens is 336 g/mol. The molecule has 1 aromatic heterocycles. The van der Waals surface area contributed by atoms with E-state index in [1.807, 2.05) is 38.1 Å². The van der Waals surface area contributed by atoms with Gasteiger partial charge in [0, 0.05) is 5.57 Å². The number of hydrogen-bond acceptors (Lipinski definition) is 3. The van der Waals surface area contributed by atoms with Crippen LogP contribution in [-0.4, -0.2) is 10.7 Å². The van der Waals surface area contributed by atoms with Crippen LogP contribution in [0.2, 0.25) is 0 Å². The van der Waals surface area contributed by atoms with E-state index in [2.05, 4.69) is 26.8 Å². The van der Waals surface area contributed by atoms with Crippen molar-refractivity contribution >= 4 is 5.57 Å². The Bertz CT molecular complexity index is 799. The monoisotopic (exact) mass is 368 g/mol. The first kappa shape index (κ1) is 19.6. The van der Waals surface area contributed by atoms with E-state index < -0.39 is 5.60 Å². The van der Waals surface area contributed by atoms with Crippen molar-refractivity contribution in [2.24, 2.45) is 5.92 Å². The van der Waals surface area contributed by atoms with Crippen LogP contribution in [0.25, 0.3) is 5.57 Å². The van der Waals surface area contributed by atoms with Crippen molar-refractivity contribution in [2.75, 3.05) is 0 Å². The average Bonchev–Trinajstić information content (AvgIpc) is 3.13. The summed E-state index contributed by atoms with van der Waals surface area (Å²) in [6, 6.07) is 7.79. The fraction of sp³-hybridized carbons (Fsp3) is 0.500. The second-order valence-corrected chi connectivity index (χ2v) is 8.42. The topological polar surface area (TPSA) is 42.6 Å². The van der Waals surface area contributed by atoms with E-state index in [0.717, 1.165) is 28.2 Å². The van der Waals surface area contributed by atoms with Crippen molar-refractivity contribution in [3.8, 4) is 11.5 Å². The third-order valence-electron chi connectivity index (χ3n) is 5.67. The third-order valence-corrected chi connectivity index (χ3v) is 5.67. The van der Waals surface area contributed by atoms with Crippen LogP contribution in [-0.2, 0) is 0 Å². The molecule has 0 amide bonds. The molecular formula is C24H32O3. The van der Waals surface area contributed by atoms with Crippen LogP contribution in [0.15, 0.2) is 41.0 Å². The molecule has 0 fully saturated rings. The molecule has 1 aliphatic heterocycles. The molecule has 27 heavy (non-hydrogen) atoms. The van der Waals surface area contributed by atoms with E-state index in [0.29, 0.717) is 11.8 Å². The van der Waals surface area contributed by atoms with Crippen molar-refractivity contribution in [1.29, 1.82) is 0 Å². The summed E-state index contributed by atoms with van der Waals surface area (Å²) in [4.78, 5) is 0. The number of rotatable bonds is 7. The molecule has 3 nitrogen and oxygen atoms in total. The Labute approximate surface area is 163 Å². The van der Waals surface area contributed by atoms with Crippen molar-refractivity contribution in [2.45, 2.75) is 71.8 Å². The van der Waals surface area contributed by atoms with E-state index in [1.165, 1.54) is 25.7 Å². The van der Waals surface area contributed by atoms with E-state index in [1.54, 1.807) is 6.26 Å². The molecule has 0 aliphatic carbocycles. The van der Waals surface area contributed by atoms with Gasteiger partial charge in [-0.05, 0) is 61.6 Å². The normalized spacial score (nSPS) is 17.6. The fourth-order valence-electron chi connectivity index (χ4n) is 3.89. The van der Waals surface area contributed by atoms with Crippen LogP contribution in [0.1, 0.15) is 83.1 Å². The standard InChI is InChI=1S/C24H32O3/c1-6-7-8-10-16(2)17(3)18-13-20(25)23-19(21-11-9-12-26-21)15-24(4,5)27-22(23)14-18/h9,11-17,25H,6-8,10H2,1-5H3. The summed E-state index contributed by atoms with van der Waals surface area (Å²) >= 11 is 0. The number of aromatic hydroxyl groups is 1. The van der Waals surface area contributed by atoms with Crippen molar-refractivity contribution in [3.63, 3.8) is 0 Å². The van der Waals surface area contributed by atoms with Crippen molar-refractivity contribution in [3.05, 3.63) is 53.5 Å². The SMILES string of the molecule is CCCCCC(C)C(C)c1cc(O)c2c(c1)OC(C)(C)C=C2c1ccco1. The number of fused-ring (bicyclic) bond motifs is 1. The molecule has 3 heteroatoms. The van der Waals surface area contributed by atoms with Gasteiger partial charge in [0.05, 0.1) is 11.8 Å². The molecule has 0 spiro atoms. The molecule has 0 bridgehead atoms. The zero-order valence-corrected chi connectivity index (χ0v) is 17.2. The van der Waals surface area contributed by atoms with E-state index in [4.69, 9.17) is 9.15 Å². The lowest BCUT2D eigenvalue weighted by molar-refractivity contribution is 0.157.